The van der Waals surface area contributed by atoms with Gasteiger partial charge in [-0.3, -0.25) is 14.6 Å². The number of benzene rings is 1. The number of carbonyl (C=O) groups excluding carboxylic acids is 2. The minimum absolute atomic E-state index is 0.127. The summed E-state index contributed by atoms with van der Waals surface area (Å²) in [6.07, 6.45) is 1.51. The molecule has 1 aromatic heterocycles. The van der Waals surface area contributed by atoms with E-state index >= 15 is 0 Å². The lowest BCUT2D eigenvalue weighted by Gasteiger charge is -2.32. The molecule has 0 bridgehead atoms. The summed E-state index contributed by atoms with van der Waals surface area (Å²) in [6, 6.07) is 10.7. The molecule has 2 aromatic rings. The average molecular weight is 338 g/mol. The maximum Gasteiger partial charge on any atom is 0.272 e. The molecule has 1 aliphatic heterocycles. The number of aromatic nitrogens is 1. The molecule has 6 heteroatoms. The van der Waals surface area contributed by atoms with Crippen molar-refractivity contribution in [3.63, 3.8) is 0 Å². The van der Waals surface area contributed by atoms with Crippen molar-refractivity contribution >= 4 is 17.5 Å². The van der Waals surface area contributed by atoms with Gasteiger partial charge in [0.1, 0.15) is 5.69 Å². The van der Waals surface area contributed by atoms with Crippen LogP contribution in [0.25, 0.3) is 0 Å². The Labute approximate surface area is 147 Å². The van der Waals surface area contributed by atoms with Crippen LogP contribution in [-0.2, 0) is 0 Å². The Kier molecular flexibility index (Phi) is 5.09. The van der Waals surface area contributed by atoms with Gasteiger partial charge in [-0.15, -0.1) is 0 Å². The lowest BCUT2D eigenvalue weighted by Crippen LogP contribution is -2.47. The second kappa shape index (κ2) is 7.44. The van der Waals surface area contributed by atoms with E-state index in [4.69, 9.17) is 0 Å². The Balaban J connectivity index is 1.71. The Bertz CT molecular complexity index is 765. The molecule has 25 heavy (non-hydrogen) atoms. The fourth-order valence-corrected chi connectivity index (χ4v) is 2.70. The molecule has 130 valence electrons. The number of hydrogen-bond donors (Lipinski definition) is 1. The number of amides is 2. The average Bonchev–Trinajstić information content (AvgIpc) is 2.64. The van der Waals surface area contributed by atoms with Gasteiger partial charge in [-0.25, -0.2) is 0 Å². The number of nitrogens with one attached hydrogen (secondary N) is 1. The molecule has 1 aliphatic rings. The van der Waals surface area contributed by atoms with E-state index < -0.39 is 0 Å². The molecular weight excluding hydrogens is 316 g/mol. The standard InChI is InChI=1S/C19H22N4O2/c1-14-3-5-16(6-4-14)21-18(24)15-7-8-20-17(13-15)19(25)23-11-9-22(2)10-12-23/h3-8,13H,9-12H2,1-2H3,(H,21,24). The van der Waals surface area contributed by atoms with Gasteiger partial charge in [0, 0.05) is 43.6 Å². The van der Waals surface area contributed by atoms with Crippen LogP contribution in [0.2, 0.25) is 0 Å². The van der Waals surface area contributed by atoms with E-state index in [2.05, 4.69) is 15.2 Å². The third-order valence-electron chi connectivity index (χ3n) is 4.34. The summed E-state index contributed by atoms with van der Waals surface area (Å²) in [4.78, 5) is 33.1. The largest absolute Gasteiger partial charge is 0.335 e. The SMILES string of the molecule is Cc1ccc(NC(=O)c2ccnc(C(=O)N3CCN(C)CC3)c2)cc1. The number of nitrogens with zero attached hydrogens (tertiary/aromatic N) is 3. The van der Waals surface area contributed by atoms with E-state index in [1.54, 1.807) is 17.0 Å². The lowest BCUT2D eigenvalue weighted by atomic mass is 10.1. The molecule has 1 aromatic carbocycles. The van der Waals surface area contributed by atoms with E-state index in [1.807, 2.05) is 38.2 Å². The number of piperazine rings is 1. The maximum atomic E-state index is 12.6. The van der Waals surface area contributed by atoms with Crippen LogP contribution in [0.15, 0.2) is 42.6 Å². The van der Waals surface area contributed by atoms with Gasteiger partial charge in [-0.1, -0.05) is 17.7 Å². The van der Waals surface area contributed by atoms with Crippen molar-refractivity contribution in [3.8, 4) is 0 Å². The highest BCUT2D eigenvalue weighted by Gasteiger charge is 2.22. The molecule has 6 nitrogen and oxygen atoms in total. The number of carbonyl (C=O) groups is 2. The lowest BCUT2D eigenvalue weighted by molar-refractivity contribution is 0.0658. The summed E-state index contributed by atoms with van der Waals surface area (Å²) in [5.41, 5.74) is 2.58. The summed E-state index contributed by atoms with van der Waals surface area (Å²) in [6.45, 7) is 5.04. The number of likely N-dealkylation sites (N-methyl/N-ethyl adjacent to an activating group) is 1. The predicted molar refractivity (Wildman–Crippen MR) is 96.8 cm³/mol. The number of aryl methyl sites for hydroxylation is 1. The van der Waals surface area contributed by atoms with Crippen LogP contribution in [0.4, 0.5) is 5.69 Å². The summed E-state index contributed by atoms with van der Waals surface area (Å²) < 4.78 is 0. The number of rotatable bonds is 3. The van der Waals surface area contributed by atoms with Gasteiger partial charge in [0.15, 0.2) is 0 Å². The third-order valence-corrected chi connectivity index (χ3v) is 4.34. The van der Waals surface area contributed by atoms with Crippen LogP contribution in [0.1, 0.15) is 26.4 Å². The smallest absolute Gasteiger partial charge is 0.272 e. The first-order chi connectivity index (χ1) is 12.0. The van der Waals surface area contributed by atoms with E-state index in [0.29, 0.717) is 24.3 Å². The van der Waals surface area contributed by atoms with Gasteiger partial charge in [0.2, 0.25) is 0 Å². The zero-order chi connectivity index (χ0) is 17.8. The summed E-state index contributed by atoms with van der Waals surface area (Å²) in [5, 5.41) is 2.84. The molecule has 0 aliphatic carbocycles. The highest BCUT2D eigenvalue weighted by Crippen LogP contribution is 2.12. The first-order valence-electron chi connectivity index (χ1n) is 8.35. The van der Waals surface area contributed by atoms with Gasteiger partial charge in [0.25, 0.3) is 11.8 Å². The first kappa shape index (κ1) is 17.1. The molecule has 3 rings (SSSR count). The van der Waals surface area contributed by atoms with Crippen molar-refractivity contribution < 1.29 is 9.59 Å². The second-order valence-corrected chi connectivity index (χ2v) is 6.35. The van der Waals surface area contributed by atoms with Gasteiger partial charge in [-0.05, 0) is 38.2 Å². The van der Waals surface area contributed by atoms with Crippen molar-refractivity contribution in [1.82, 2.24) is 14.8 Å². The number of anilines is 1. The van der Waals surface area contributed by atoms with E-state index in [0.717, 1.165) is 24.3 Å². The maximum absolute atomic E-state index is 12.6. The Morgan fingerprint density at radius 1 is 1.04 bits per heavy atom. The number of hydrogen-bond acceptors (Lipinski definition) is 4. The van der Waals surface area contributed by atoms with E-state index in [1.165, 1.54) is 6.20 Å². The molecule has 1 fully saturated rings. The highest BCUT2D eigenvalue weighted by molar-refractivity contribution is 6.05. The van der Waals surface area contributed by atoms with Crippen LogP contribution >= 0.6 is 0 Å². The normalized spacial score (nSPS) is 15.0. The first-order valence-corrected chi connectivity index (χ1v) is 8.35. The molecule has 0 atom stereocenters. The Morgan fingerprint density at radius 3 is 2.40 bits per heavy atom. The Hall–Kier alpha value is -2.73. The monoisotopic (exact) mass is 338 g/mol. The van der Waals surface area contributed by atoms with Crippen molar-refractivity contribution in [1.29, 1.82) is 0 Å². The molecule has 1 N–H and O–H groups in total. The van der Waals surface area contributed by atoms with Crippen molar-refractivity contribution in [2.45, 2.75) is 6.92 Å². The minimum Gasteiger partial charge on any atom is -0.335 e. The van der Waals surface area contributed by atoms with Crippen LogP contribution in [-0.4, -0.2) is 59.8 Å². The third kappa shape index (κ3) is 4.22. The zero-order valence-corrected chi connectivity index (χ0v) is 14.5. The summed E-state index contributed by atoms with van der Waals surface area (Å²) >= 11 is 0. The van der Waals surface area contributed by atoms with Gasteiger partial charge in [0.05, 0.1) is 0 Å². The van der Waals surface area contributed by atoms with Gasteiger partial charge < -0.3 is 15.1 Å². The van der Waals surface area contributed by atoms with Crippen molar-refractivity contribution in [2.75, 3.05) is 38.5 Å². The fraction of sp³-hybridized carbons (Fsp3) is 0.316. The molecule has 2 amide bonds. The predicted octanol–water partition coefficient (Wildman–Crippen LogP) is 2.03. The van der Waals surface area contributed by atoms with Crippen molar-refractivity contribution in [2.24, 2.45) is 0 Å². The van der Waals surface area contributed by atoms with Crippen LogP contribution < -0.4 is 5.32 Å². The molecule has 0 unspecified atom stereocenters. The van der Waals surface area contributed by atoms with Crippen LogP contribution in [0.3, 0.4) is 0 Å². The number of pyridine rings is 1. The molecular formula is C19H22N4O2. The quantitative estimate of drug-likeness (QED) is 0.930. The van der Waals surface area contributed by atoms with Crippen LogP contribution in [0, 0.1) is 6.92 Å². The van der Waals surface area contributed by atoms with E-state index in [9.17, 15) is 9.59 Å². The molecule has 1 saturated heterocycles. The van der Waals surface area contributed by atoms with Crippen molar-refractivity contribution in [3.05, 3.63) is 59.4 Å². The minimum atomic E-state index is -0.251. The topological polar surface area (TPSA) is 65.5 Å². The summed E-state index contributed by atoms with van der Waals surface area (Å²) in [5.74, 6) is -0.378. The summed E-state index contributed by atoms with van der Waals surface area (Å²) in [7, 11) is 2.04. The van der Waals surface area contributed by atoms with Crippen LogP contribution in [0.5, 0.6) is 0 Å². The van der Waals surface area contributed by atoms with E-state index in [-0.39, 0.29) is 11.8 Å². The zero-order valence-electron chi connectivity index (χ0n) is 14.5. The van der Waals surface area contributed by atoms with Gasteiger partial charge in [-0.2, -0.15) is 0 Å². The molecule has 0 saturated carbocycles. The molecule has 2 heterocycles. The molecule has 0 spiro atoms. The highest BCUT2D eigenvalue weighted by atomic mass is 16.2. The molecule has 0 radical (unpaired) electrons. The second-order valence-electron chi connectivity index (χ2n) is 6.35. The fourth-order valence-electron chi connectivity index (χ4n) is 2.70. The Morgan fingerprint density at radius 2 is 1.72 bits per heavy atom. The van der Waals surface area contributed by atoms with Gasteiger partial charge >= 0.3 is 0 Å².